The van der Waals surface area contributed by atoms with Crippen LogP contribution in [0.25, 0.3) is 0 Å². The second kappa shape index (κ2) is 7.94. The third-order valence-electron chi connectivity index (χ3n) is 1.85. The van der Waals surface area contributed by atoms with Crippen LogP contribution in [0, 0.1) is 0 Å². The van der Waals surface area contributed by atoms with Crippen LogP contribution in [0.2, 0.25) is 0 Å². The number of esters is 1. The minimum absolute atomic E-state index is 0.116. The Morgan fingerprint density at radius 3 is 2.73 bits per heavy atom. The van der Waals surface area contributed by atoms with E-state index in [-0.39, 0.29) is 12.1 Å². The first kappa shape index (κ1) is 13.6. The van der Waals surface area contributed by atoms with Gasteiger partial charge in [-0.25, -0.2) is 14.6 Å². The summed E-state index contributed by atoms with van der Waals surface area (Å²) in [6.07, 6.45) is 3.82. The molecule has 0 saturated heterocycles. The van der Waals surface area contributed by atoms with Gasteiger partial charge in [0, 0.05) is 5.57 Å². The molecule has 4 nitrogen and oxygen atoms in total. The van der Waals surface area contributed by atoms with Crippen LogP contribution >= 0.6 is 0 Å². The smallest absolute Gasteiger partial charge is 0.333 e. The number of rotatable bonds is 7. The van der Waals surface area contributed by atoms with Crippen LogP contribution in [-0.2, 0) is 14.3 Å². The number of ether oxygens (including phenoxy) is 1. The summed E-state index contributed by atoms with van der Waals surface area (Å²) in [5.41, 5.74) is 0.410. The zero-order chi connectivity index (χ0) is 11.7. The molecule has 0 rings (SSSR count). The first-order valence-electron chi connectivity index (χ1n) is 4.98. The summed E-state index contributed by atoms with van der Waals surface area (Å²) in [7, 11) is 0. The molecule has 0 amide bonds. The molecule has 4 heteroatoms. The van der Waals surface area contributed by atoms with E-state index in [1.54, 1.807) is 6.92 Å². The molecule has 0 aromatic carbocycles. The van der Waals surface area contributed by atoms with Crippen molar-refractivity contribution in [2.75, 3.05) is 6.54 Å². The molecule has 1 atom stereocenters. The monoisotopic (exact) mass is 211 g/mol. The molecule has 0 radical (unpaired) electrons. The predicted octanol–water partition coefficient (Wildman–Crippen LogP) is 2.00. The van der Waals surface area contributed by atoms with Crippen LogP contribution in [-0.4, -0.2) is 24.7 Å². The number of hydrogen-bond acceptors (Lipinski definition) is 4. The fourth-order valence-electron chi connectivity index (χ4n) is 1.01. The molecule has 0 aliphatic carbocycles. The van der Waals surface area contributed by atoms with Crippen LogP contribution < -0.4 is 0 Å². The molecule has 1 unspecified atom stereocenters. The Morgan fingerprint density at radius 2 is 2.20 bits per heavy atom. The summed E-state index contributed by atoms with van der Waals surface area (Å²) >= 11 is 0. The maximum Gasteiger partial charge on any atom is 0.333 e. The van der Waals surface area contributed by atoms with Gasteiger partial charge in [-0.15, -0.1) is 0 Å². The van der Waals surface area contributed by atoms with Gasteiger partial charge >= 0.3 is 5.97 Å². The van der Waals surface area contributed by atoms with Gasteiger partial charge < -0.3 is 4.74 Å². The normalized spacial score (nSPS) is 11.3. The van der Waals surface area contributed by atoms with Crippen molar-refractivity contribution >= 4 is 12.0 Å². The van der Waals surface area contributed by atoms with E-state index in [1.165, 1.54) is 6.08 Å². The van der Waals surface area contributed by atoms with Crippen molar-refractivity contribution in [3.8, 4) is 0 Å². The van der Waals surface area contributed by atoms with Crippen molar-refractivity contribution in [3.63, 3.8) is 0 Å². The van der Waals surface area contributed by atoms with Gasteiger partial charge in [-0.05, 0) is 33.1 Å². The zero-order valence-corrected chi connectivity index (χ0v) is 9.28. The lowest BCUT2D eigenvalue weighted by molar-refractivity contribution is -0.143. The minimum Gasteiger partial charge on any atom is -0.459 e. The van der Waals surface area contributed by atoms with Gasteiger partial charge in [0.1, 0.15) is 0 Å². The first-order chi connectivity index (χ1) is 7.07. The predicted molar refractivity (Wildman–Crippen MR) is 57.2 cm³/mol. The molecule has 0 N–H and O–H groups in total. The van der Waals surface area contributed by atoms with Gasteiger partial charge in [-0.1, -0.05) is 6.58 Å². The van der Waals surface area contributed by atoms with Crippen LogP contribution in [0.3, 0.4) is 0 Å². The van der Waals surface area contributed by atoms with Crippen molar-refractivity contribution in [2.24, 2.45) is 4.99 Å². The Bertz CT molecular complexity index is 267. The van der Waals surface area contributed by atoms with E-state index in [1.807, 2.05) is 6.92 Å². The highest BCUT2D eigenvalue weighted by molar-refractivity contribution is 5.87. The fraction of sp³-hybridized carbons (Fsp3) is 0.636. The van der Waals surface area contributed by atoms with Gasteiger partial charge in [0.05, 0.1) is 12.6 Å². The van der Waals surface area contributed by atoms with Crippen LogP contribution in [0.4, 0.5) is 0 Å². The Hall–Kier alpha value is -1.41. The highest BCUT2D eigenvalue weighted by atomic mass is 16.5. The van der Waals surface area contributed by atoms with E-state index in [0.717, 1.165) is 19.3 Å². The molecule has 0 heterocycles. The molecule has 0 fully saturated rings. The number of nitrogens with zero attached hydrogens (tertiary/aromatic N) is 1. The maximum atomic E-state index is 11.1. The second-order valence-corrected chi connectivity index (χ2v) is 3.47. The van der Waals surface area contributed by atoms with Gasteiger partial charge in [0.15, 0.2) is 0 Å². The number of carbonyl (C=O) groups is 1. The SMILES string of the molecule is C=C(C)C(=O)OC(C)CCCCN=C=O. The van der Waals surface area contributed by atoms with Crippen molar-refractivity contribution in [1.29, 1.82) is 0 Å². The van der Waals surface area contributed by atoms with Crippen molar-refractivity contribution < 1.29 is 14.3 Å². The Labute approximate surface area is 90.0 Å². The molecule has 0 aromatic rings. The fourth-order valence-corrected chi connectivity index (χ4v) is 1.01. The molecule has 0 aromatic heterocycles. The van der Waals surface area contributed by atoms with E-state index in [0.29, 0.717) is 12.1 Å². The van der Waals surface area contributed by atoms with E-state index < -0.39 is 0 Å². The lowest BCUT2D eigenvalue weighted by atomic mass is 10.2. The summed E-state index contributed by atoms with van der Waals surface area (Å²) in [4.78, 5) is 24.3. The van der Waals surface area contributed by atoms with Gasteiger partial charge in [0.25, 0.3) is 0 Å². The Balaban J connectivity index is 3.57. The molecule has 15 heavy (non-hydrogen) atoms. The minimum atomic E-state index is -0.353. The third kappa shape index (κ3) is 7.65. The van der Waals surface area contributed by atoms with Gasteiger partial charge in [-0.3, -0.25) is 0 Å². The van der Waals surface area contributed by atoms with E-state index in [4.69, 9.17) is 4.74 Å². The number of aliphatic imine (C=N–C) groups is 1. The highest BCUT2D eigenvalue weighted by Crippen LogP contribution is 2.06. The average Bonchev–Trinajstić information content (AvgIpc) is 2.17. The van der Waals surface area contributed by atoms with Gasteiger partial charge in [0.2, 0.25) is 6.08 Å². The number of isocyanates is 1. The lowest BCUT2D eigenvalue weighted by Gasteiger charge is -2.12. The number of unbranched alkanes of at least 4 members (excludes halogenated alkanes) is 1. The standard InChI is InChI=1S/C11H17NO3/c1-9(2)11(14)15-10(3)6-4-5-7-12-8-13/h10H,1,4-7H2,2-3H3. The molecule has 0 aliphatic heterocycles. The summed E-state index contributed by atoms with van der Waals surface area (Å²) in [6.45, 7) is 7.44. The largest absolute Gasteiger partial charge is 0.459 e. The zero-order valence-electron chi connectivity index (χ0n) is 9.28. The summed E-state index contributed by atoms with van der Waals surface area (Å²) < 4.78 is 5.07. The molecule has 0 bridgehead atoms. The molecule has 84 valence electrons. The summed E-state index contributed by atoms with van der Waals surface area (Å²) in [5, 5.41) is 0. The Kier molecular flexibility index (Phi) is 7.20. The van der Waals surface area contributed by atoms with E-state index >= 15 is 0 Å². The quantitative estimate of drug-likeness (QED) is 0.213. The van der Waals surface area contributed by atoms with Crippen LogP contribution in [0.5, 0.6) is 0 Å². The molecule has 0 spiro atoms. The van der Waals surface area contributed by atoms with Crippen LogP contribution in [0.1, 0.15) is 33.1 Å². The first-order valence-corrected chi connectivity index (χ1v) is 4.98. The van der Waals surface area contributed by atoms with Crippen molar-refractivity contribution in [3.05, 3.63) is 12.2 Å². The maximum absolute atomic E-state index is 11.1. The van der Waals surface area contributed by atoms with Crippen molar-refractivity contribution in [2.45, 2.75) is 39.2 Å². The second-order valence-electron chi connectivity index (χ2n) is 3.47. The molecular weight excluding hydrogens is 194 g/mol. The Morgan fingerprint density at radius 1 is 1.53 bits per heavy atom. The van der Waals surface area contributed by atoms with Crippen molar-refractivity contribution in [1.82, 2.24) is 0 Å². The van der Waals surface area contributed by atoms with Crippen LogP contribution in [0.15, 0.2) is 17.1 Å². The molecular formula is C11H17NO3. The van der Waals surface area contributed by atoms with E-state index in [9.17, 15) is 9.59 Å². The molecule has 0 saturated carbocycles. The average molecular weight is 211 g/mol. The summed E-state index contributed by atoms with van der Waals surface area (Å²) in [5.74, 6) is -0.353. The molecule has 0 aliphatic rings. The lowest BCUT2D eigenvalue weighted by Crippen LogP contribution is -2.15. The number of hydrogen-bond donors (Lipinski definition) is 0. The van der Waals surface area contributed by atoms with Gasteiger partial charge in [-0.2, -0.15) is 0 Å². The summed E-state index contributed by atoms with van der Waals surface area (Å²) in [6, 6.07) is 0. The van der Waals surface area contributed by atoms with E-state index in [2.05, 4.69) is 11.6 Å². The topological polar surface area (TPSA) is 55.7 Å². The highest BCUT2D eigenvalue weighted by Gasteiger charge is 2.09. The third-order valence-corrected chi connectivity index (χ3v) is 1.85. The number of carbonyl (C=O) groups excluding carboxylic acids is 2.